The van der Waals surface area contributed by atoms with Crippen LogP contribution in [0.2, 0.25) is 0 Å². The Morgan fingerprint density at radius 1 is 1.77 bits per heavy atom. The number of carboxylic acids is 1. The third kappa shape index (κ3) is 2.71. The summed E-state index contributed by atoms with van der Waals surface area (Å²) in [4.78, 5) is 24.4. The van der Waals surface area contributed by atoms with E-state index in [1.807, 2.05) is 0 Å². The van der Waals surface area contributed by atoms with Crippen LogP contribution in [0, 0.1) is 10.1 Å². The number of nitrogens with zero attached hydrogens (tertiary/aromatic N) is 1. The second-order valence-corrected chi connectivity index (χ2v) is 3.03. The highest BCUT2D eigenvalue weighted by Crippen LogP contribution is 2.15. The Morgan fingerprint density at radius 3 is 2.92 bits per heavy atom. The van der Waals surface area contributed by atoms with Crippen LogP contribution >= 0.6 is 11.3 Å². The van der Waals surface area contributed by atoms with Crippen LogP contribution in [0.4, 0.5) is 0 Å². The van der Waals surface area contributed by atoms with Crippen LogP contribution in [0.25, 0.3) is 0 Å². The van der Waals surface area contributed by atoms with Crippen molar-refractivity contribution in [2.24, 2.45) is 0 Å². The van der Waals surface area contributed by atoms with Gasteiger partial charge in [-0.15, -0.1) is 21.5 Å². The first-order valence-corrected chi connectivity index (χ1v) is 4.05. The van der Waals surface area contributed by atoms with Crippen LogP contribution in [0.3, 0.4) is 0 Å². The molecular formula is C6H5NO5S. The summed E-state index contributed by atoms with van der Waals surface area (Å²) in [7, 11) is 0. The molecule has 6 nitrogen and oxygen atoms in total. The zero-order valence-corrected chi connectivity index (χ0v) is 7.11. The molecule has 0 radical (unpaired) electrons. The smallest absolute Gasteiger partial charge is 0.345 e. The van der Waals surface area contributed by atoms with Gasteiger partial charge in [-0.25, -0.2) is 4.79 Å². The Labute approximate surface area is 76.5 Å². The standard InChI is InChI=1S/C6H5NO5S/c8-6(9)5-1-4(3-13-5)2-12-7(10)11/h1,3H,2H2,(H,8,9). The summed E-state index contributed by atoms with van der Waals surface area (Å²) >= 11 is 1.01. The molecule has 0 amide bonds. The maximum atomic E-state index is 10.4. The molecule has 13 heavy (non-hydrogen) atoms. The summed E-state index contributed by atoms with van der Waals surface area (Å²) in [6.45, 7) is -0.212. The predicted molar refractivity (Wildman–Crippen MR) is 43.1 cm³/mol. The van der Waals surface area contributed by atoms with Gasteiger partial charge in [-0.1, -0.05) is 0 Å². The van der Waals surface area contributed by atoms with Gasteiger partial charge in [-0.3, -0.25) is 0 Å². The first kappa shape index (κ1) is 9.46. The molecule has 7 heteroatoms. The van der Waals surface area contributed by atoms with Gasteiger partial charge in [0.05, 0.1) is 0 Å². The van der Waals surface area contributed by atoms with Crippen molar-refractivity contribution < 1.29 is 19.8 Å². The first-order chi connectivity index (χ1) is 6.09. The number of hydrogen-bond acceptors (Lipinski definition) is 5. The Hall–Kier alpha value is -1.63. The van der Waals surface area contributed by atoms with E-state index < -0.39 is 11.1 Å². The summed E-state index contributed by atoms with van der Waals surface area (Å²) < 4.78 is 0. The lowest BCUT2D eigenvalue weighted by atomic mass is 10.3. The second-order valence-electron chi connectivity index (χ2n) is 2.12. The number of hydrogen-bond donors (Lipinski definition) is 1. The molecule has 0 aliphatic heterocycles. The summed E-state index contributed by atoms with van der Waals surface area (Å²) in [5.74, 6) is -1.04. The number of aromatic carboxylic acids is 1. The van der Waals surface area contributed by atoms with Gasteiger partial charge >= 0.3 is 5.97 Å². The van der Waals surface area contributed by atoms with Crippen molar-refractivity contribution in [1.82, 2.24) is 0 Å². The van der Waals surface area contributed by atoms with E-state index in [4.69, 9.17) is 5.11 Å². The lowest BCUT2D eigenvalue weighted by molar-refractivity contribution is -0.763. The topological polar surface area (TPSA) is 89.7 Å². The van der Waals surface area contributed by atoms with Crippen molar-refractivity contribution in [3.63, 3.8) is 0 Å². The van der Waals surface area contributed by atoms with Crippen molar-refractivity contribution in [3.05, 3.63) is 32.0 Å². The van der Waals surface area contributed by atoms with Crippen molar-refractivity contribution in [3.8, 4) is 0 Å². The Kier molecular flexibility index (Phi) is 2.80. The Bertz CT molecular complexity index is 334. The predicted octanol–water partition coefficient (Wildman–Crippen LogP) is 1.15. The number of carbonyl (C=O) groups is 1. The van der Waals surface area contributed by atoms with Crippen molar-refractivity contribution in [1.29, 1.82) is 0 Å². The summed E-state index contributed by atoms with van der Waals surface area (Å²) in [6.07, 6.45) is 0. The molecule has 0 bridgehead atoms. The summed E-state index contributed by atoms with van der Waals surface area (Å²) in [5, 5.41) is 18.9. The van der Waals surface area contributed by atoms with Gasteiger partial charge in [-0.2, -0.15) is 0 Å². The molecule has 0 unspecified atom stereocenters. The van der Waals surface area contributed by atoms with Gasteiger partial charge in [0, 0.05) is 0 Å². The third-order valence-electron chi connectivity index (χ3n) is 1.20. The minimum atomic E-state index is -1.04. The largest absolute Gasteiger partial charge is 0.477 e. The second kappa shape index (κ2) is 3.85. The first-order valence-electron chi connectivity index (χ1n) is 3.17. The van der Waals surface area contributed by atoms with Gasteiger partial charge in [-0.05, 0) is 17.0 Å². The fraction of sp³-hybridized carbons (Fsp3) is 0.167. The molecule has 1 N–H and O–H groups in total. The zero-order chi connectivity index (χ0) is 9.84. The minimum absolute atomic E-state index is 0.141. The van der Waals surface area contributed by atoms with Crippen molar-refractivity contribution in [2.45, 2.75) is 6.61 Å². The lowest BCUT2D eigenvalue weighted by Gasteiger charge is -1.92. The molecule has 70 valence electrons. The highest BCUT2D eigenvalue weighted by Gasteiger charge is 2.07. The van der Waals surface area contributed by atoms with E-state index in [1.54, 1.807) is 0 Å². The average Bonchev–Trinajstić information content (AvgIpc) is 2.48. The molecule has 0 aromatic carbocycles. The molecule has 0 fully saturated rings. The molecular weight excluding hydrogens is 198 g/mol. The molecule has 0 saturated heterocycles. The van der Waals surface area contributed by atoms with E-state index in [2.05, 4.69) is 4.84 Å². The Morgan fingerprint density at radius 2 is 2.46 bits per heavy atom. The van der Waals surface area contributed by atoms with E-state index in [0.29, 0.717) is 5.56 Å². The quantitative estimate of drug-likeness (QED) is 0.585. The molecule has 1 aromatic rings. The molecule has 1 heterocycles. The van der Waals surface area contributed by atoms with Gasteiger partial charge < -0.3 is 9.94 Å². The SMILES string of the molecule is O=C(O)c1cc(CO[N+](=O)[O-])cs1. The lowest BCUT2D eigenvalue weighted by Crippen LogP contribution is -1.99. The van der Waals surface area contributed by atoms with E-state index in [-0.39, 0.29) is 11.5 Å². The highest BCUT2D eigenvalue weighted by atomic mass is 32.1. The van der Waals surface area contributed by atoms with E-state index in [9.17, 15) is 14.9 Å². The van der Waals surface area contributed by atoms with Gasteiger partial charge in [0.1, 0.15) is 11.5 Å². The molecule has 0 aliphatic carbocycles. The van der Waals surface area contributed by atoms with E-state index >= 15 is 0 Å². The fourth-order valence-electron chi connectivity index (χ4n) is 0.691. The van der Waals surface area contributed by atoms with Crippen molar-refractivity contribution >= 4 is 17.3 Å². The molecule has 0 atom stereocenters. The van der Waals surface area contributed by atoms with Gasteiger partial charge in [0.15, 0.2) is 0 Å². The summed E-state index contributed by atoms with van der Waals surface area (Å²) in [5.41, 5.74) is 0.485. The Balaban J connectivity index is 2.59. The molecule has 0 saturated carbocycles. The van der Waals surface area contributed by atoms with E-state index in [0.717, 1.165) is 11.3 Å². The van der Waals surface area contributed by atoms with Crippen LogP contribution in [0.1, 0.15) is 15.2 Å². The minimum Gasteiger partial charge on any atom is -0.477 e. The number of thiophene rings is 1. The highest BCUT2D eigenvalue weighted by molar-refractivity contribution is 7.12. The maximum absolute atomic E-state index is 10.4. The maximum Gasteiger partial charge on any atom is 0.345 e. The molecule has 0 spiro atoms. The number of rotatable bonds is 4. The molecule has 1 aromatic heterocycles. The monoisotopic (exact) mass is 203 g/mol. The van der Waals surface area contributed by atoms with Gasteiger partial charge in [0.25, 0.3) is 5.09 Å². The fourth-order valence-corrected chi connectivity index (χ4v) is 1.43. The number of carboxylic acid groups (broad SMARTS) is 1. The third-order valence-corrected chi connectivity index (χ3v) is 2.17. The van der Waals surface area contributed by atoms with E-state index in [1.165, 1.54) is 11.4 Å². The normalized spacial score (nSPS) is 9.54. The average molecular weight is 203 g/mol. The van der Waals surface area contributed by atoms with Crippen LogP contribution in [-0.2, 0) is 11.4 Å². The van der Waals surface area contributed by atoms with Crippen LogP contribution < -0.4 is 0 Å². The van der Waals surface area contributed by atoms with Crippen LogP contribution in [0.15, 0.2) is 11.4 Å². The summed E-state index contributed by atoms with van der Waals surface area (Å²) in [6, 6.07) is 1.34. The van der Waals surface area contributed by atoms with Crippen LogP contribution in [0.5, 0.6) is 0 Å². The zero-order valence-electron chi connectivity index (χ0n) is 6.30. The van der Waals surface area contributed by atoms with Crippen molar-refractivity contribution in [2.75, 3.05) is 0 Å². The molecule has 0 aliphatic rings. The van der Waals surface area contributed by atoms with Gasteiger partial charge in [0.2, 0.25) is 0 Å². The van der Waals surface area contributed by atoms with Crippen LogP contribution in [-0.4, -0.2) is 16.2 Å². The molecule has 1 rings (SSSR count).